The summed E-state index contributed by atoms with van der Waals surface area (Å²) in [7, 11) is 1.86. The number of hydrogen-bond donors (Lipinski definition) is 1. The molecule has 0 saturated carbocycles. The third kappa shape index (κ3) is 3.22. The van der Waals surface area contributed by atoms with Crippen LogP contribution in [0.4, 0.5) is 14.5 Å². The molecule has 0 fully saturated rings. The van der Waals surface area contributed by atoms with Crippen LogP contribution in [-0.2, 0) is 0 Å². The van der Waals surface area contributed by atoms with E-state index in [9.17, 15) is 8.78 Å². The first-order chi connectivity index (χ1) is 8.65. The minimum absolute atomic E-state index is 0.111. The standard InChI is InChI=1S/C11H14F2N4O/c1-16-6-7-17(8-14-16)15-9-4-2-3-5-10(9)18-11(12)13/h2-5,8,11,15H,6-7H2,1H3. The van der Waals surface area contributed by atoms with Gasteiger partial charge in [0.2, 0.25) is 0 Å². The maximum Gasteiger partial charge on any atom is 0.387 e. The molecule has 0 saturated heterocycles. The Morgan fingerprint density at radius 3 is 2.78 bits per heavy atom. The van der Waals surface area contributed by atoms with Crippen molar-refractivity contribution in [2.45, 2.75) is 6.61 Å². The molecule has 1 aromatic rings. The fraction of sp³-hybridized carbons (Fsp3) is 0.364. The lowest BCUT2D eigenvalue weighted by Gasteiger charge is -2.28. The van der Waals surface area contributed by atoms with Crippen LogP contribution in [0.2, 0.25) is 0 Å². The molecule has 0 bridgehead atoms. The average molecular weight is 256 g/mol. The van der Waals surface area contributed by atoms with Gasteiger partial charge < -0.3 is 4.74 Å². The fourth-order valence-corrected chi connectivity index (χ4v) is 1.52. The van der Waals surface area contributed by atoms with Crippen LogP contribution in [0.3, 0.4) is 0 Å². The summed E-state index contributed by atoms with van der Waals surface area (Å²) >= 11 is 0. The second-order valence-corrected chi connectivity index (χ2v) is 3.79. The number of nitrogens with one attached hydrogen (secondary N) is 1. The maximum atomic E-state index is 12.2. The van der Waals surface area contributed by atoms with Gasteiger partial charge in [-0.05, 0) is 12.1 Å². The zero-order valence-electron chi connectivity index (χ0n) is 9.88. The number of likely N-dealkylation sites (N-methyl/N-ethyl adjacent to an activating group) is 1. The molecule has 2 rings (SSSR count). The SMILES string of the molecule is CN1CCN(Nc2ccccc2OC(F)F)C=N1. The summed E-state index contributed by atoms with van der Waals surface area (Å²) in [5.41, 5.74) is 3.45. The molecule has 0 radical (unpaired) electrons. The molecule has 1 aromatic carbocycles. The highest BCUT2D eigenvalue weighted by Gasteiger charge is 2.12. The number of anilines is 1. The Labute approximate surface area is 104 Å². The molecule has 0 amide bonds. The van der Waals surface area contributed by atoms with Crippen molar-refractivity contribution in [3.63, 3.8) is 0 Å². The van der Waals surface area contributed by atoms with E-state index < -0.39 is 6.61 Å². The number of hydrazine groups is 1. The molecule has 0 aliphatic carbocycles. The van der Waals surface area contributed by atoms with Crippen LogP contribution in [0.5, 0.6) is 5.75 Å². The summed E-state index contributed by atoms with van der Waals surface area (Å²) in [6, 6.07) is 6.54. The van der Waals surface area contributed by atoms with Gasteiger partial charge in [0.05, 0.1) is 18.8 Å². The van der Waals surface area contributed by atoms with E-state index in [4.69, 9.17) is 0 Å². The molecule has 1 aliphatic rings. The second-order valence-electron chi connectivity index (χ2n) is 3.79. The first kappa shape index (κ1) is 12.4. The van der Waals surface area contributed by atoms with Gasteiger partial charge in [-0.3, -0.25) is 15.4 Å². The van der Waals surface area contributed by atoms with Crippen molar-refractivity contribution in [3.05, 3.63) is 24.3 Å². The zero-order chi connectivity index (χ0) is 13.0. The number of hydrazone groups is 1. The number of halogens is 2. The molecule has 18 heavy (non-hydrogen) atoms. The van der Waals surface area contributed by atoms with Crippen LogP contribution in [-0.4, -0.2) is 43.1 Å². The summed E-state index contributed by atoms with van der Waals surface area (Å²) in [4.78, 5) is 0. The van der Waals surface area contributed by atoms with Crippen molar-refractivity contribution in [1.82, 2.24) is 10.0 Å². The highest BCUT2D eigenvalue weighted by molar-refractivity contribution is 5.63. The maximum absolute atomic E-state index is 12.2. The Kier molecular flexibility index (Phi) is 3.81. The normalized spacial score (nSPS) is 15.1. The lowest BCUT2D eigenvalue weighted by Crippen LogP contribution is -2.39. The van der Waals surface area contributed by atoms with E-state index >= 15 is 0 Å². The summed E-state index contributed by atoms with van der Waals surface area (Å²) < 4.78 is 28.9. The smallest absolute Gasteiger partial charge is 0.387 e. The van der Waals surface area contributed by atoms with E-state index in [-0.39, 0.29) is 5.75 Å². The van der Waals surface area contributed by atoms with Gasteiger partial charge in [0.1, 0.15) is 6.34 Å². The highest BCUT2D eigenvalue weighted by atomic mass is 19.3. The number of benzene rings is 1. The van der Waals surface area contributed by atoms with Crippen molar-refractivity contribution in [3.8, 4) is 5.75 Å². The van der Waals surface area contributed by atoms with Gasteiger partial charge in [-0.25, -0.2) is 0 Å². The van der Waals surface area contributed by atoms with E-state index in [1.54, 1.807) is 34.6 Å². The predicted molar refractivity (Wildman–Crippen MR) is 64.5 cm³/mol. The Morgan fingerprint density at radius 1 is 1.33 bits per heavy atom. The Hall–Kier alpha value is -2.05. The monoisotopic (exact) mass is 256 g/mol. The van der Waals surface area contributed by atoms with Crippen molar-refractivity contribution in [2.24, 2.45) is 5.10 Å². The number of alkyl halides is 2. The van der Waals surface area contributed by atoms with Crippen molar-refractivity contribution < 1.29 is 13.5 Å². The fourth-order valence-electron chi connectivity index (χ4n) is 1.52. The molecule has 1 N–H and O–H groups in total. The Morgan fingerprint density at radius 2 is 2.11 bits per heavy atom. The highest BCUT2D eigenvalue weighted by Crippen LogP contribution is 2.25. The van der Waals surface area contributed by atoms with Gasteiger partial charge in [0, 0.05) is 7.05 Å². The topological polar surface area (TPSA) is 40.1 Å². The van der Waals surface area contributed by atoms with E-state index in [2.05, 4.69) is 15.3 Å². The van der Waals surface area contributed by atoms with Crippen LogP contribution in [0.25, 0.3) is 0 Å². The number of hydrogen-bond acceptors (Lipinski definition) is 5. The lowest BCUT2D eigenvalue weighted by molar-refractivity contribution is -0.0494. The number of para-hydroxylation sites is 2. The van der Waals surface area contributed by atoms with Crippen molar-refractivity contribution in [2.75, 3.05) is 25.6 Å². The largest absolute Gasteiger partial charge is 0.433 e. The minimum Gasteiger partial charge on any atom is -0.433 e. The number of ether oxygens (including phenoxy) is 1. The Bertz CT molecular complexity index is 427. The van der Waals surface area contributed by atoms with Crippen molar-refractivity contribution in [1.29, 1.82) is 0 Å². The first-order valence-corrected chi connectivity index (χ1v) is 5.47. The van der Waals surface area contributed by atoms with E-state index in [1.165, 1.54) is 6.07 Å². The van der Waals surface area contributed by atoms with Gasteiger partial charge in [-0.15, -0.1) is 0 Å². The summed E-state index contributed by atoms with van der Waals surface area (Å²) in [6.45, 7) is -1.39. The average Bonchev–Trinajstić information content (AvgIpc) is 2.34. The summed E-state index contributed by atoms with van der Waals surface area (Å²) in [6.07, 6.45) is 1.60. The van der Waals surface area contributed by atoms with E-state index in [0.29, 0.717) is 12.2 Å². The molecular formula is C11H14F2N4O. The molecule has 98 valence electrons. The molecule has 7 heteroatoms. The van der Waals surface area contributed by atoms with Crippen LogP contribution < -0.4 is 10.2 Å². The number of nitrogens with zero attached hydrogens (tertiary/aromatic N) is 3. The molecule has 0 spiro atoms. The number of rotatable bonds is 4. The lowest BCUT2D eigenvalue weighted by atomic mass is 10.3. The van der Waals surface area contributed by atoms with Gasteiger partial charge in [-0.2, -0.15) is 13.9 Å². The van der Waals surface area contributed by atoms with Crippen LogP contribution >= 0.6 is 0 Å². The predicted octanol–water partition coefficient (Wildman–Crippen LogP) is 1.81. The molecule has 1 heterocycles. The molecule has 5 nitrogen and oxygen atoms in total. The molecule has 0 unspecified atom stereocenters. The minimum atomic E-state index is -2.84. The molecule has 0 atom stereocenters. The Balaban J connectivity index is 2.06. The summed E-state index contributed by atoms with van der Waals surface area (Å²) in [5, 5.41) is 7.59. The van der Waals surface area contributed by atoms with Crippen LogP contribution in [0.15, 0.2) is 29.4 Å². The molecule has 0 aromatic heterocycles. The van der Waals surface area contributed by atoms with Crippen LogP contribution in [0, 0.1) is 0 Å². The second kappa shape index (κ2) is 5.52. The third-order valence-corrected chi connectivity index (χ3v) is 2.42. The van der Waals surface area contributed by atoms with Gasteiger partial charge in [0.25, 0.3) is 0 Å². The summed E-state index contributed by atoms with van der Waals surface area (Å²) in [5.74, 6) is 0.111. The molecule has 1 aliphatic heterocycles. The van der Waals surface area contributed by atoms with E-state index in [0.717, 1.165) is 6.54 Å². The van der Waals surface area contributed by atoms with Crippen molar-refractivity contribution >= 4 is 12.0 Å². The third-order valence-electron chi connectivity index (χ3n) is 2.42. The first-order valence-electron chi connectivity index (χ1n) is 5.47. The van der Waals surface area contributed by atoms with E-state index in [1.807, 2.05) is 7.05 Å². The van der Waals surface area contributed by atoms with Gasteiger partial charge in [-0.1, -0.05) is 12.1 Å². The van der Waals surface area contributed by atoms with Gasteiger partial charge >= 0.3 is 6.61 Å². The quantitative estimate of drug-likeness (QED) is 0.891. The van der Waals surface area contributed by atoms with Crippen LogP contribution in [0.1, 0.15) is 0 Å². The molecular weight excluding hydrogens is 242 g/mol. The van der Waals surface area contributed by atoms with Gasteiger partial charge in [0.15, 0.2) is 5.75 Å². The zero-order valence-corrected chi connectivity index (χ0v) is 9.88.